The number of hydrogen-bond acceptors (Lipinski definition) is 3. The molecule has 1 unspecified atom stereocenters. The van der Waals surface area contributed by atoms with Crippen molar-refractivity contribution in [2.24, 2.45) is 0 Å². The fraction of sp³-hybridized carbons (Fsp3) is 0.235. The van der Waals surface area contributed by atoms with E-state index in [1.54, 1.807) is 37.3 Å². The van der Waals surface area contributed by atoms with Crippen molar-refractivity contribution < 1.29 is 13.2 Å². The fourth-order valence-electron chi connectivity index (χ4n) is 2.27. The van der Waals surface area contributed by atoms with Crippen LogP contribution in [0.15, 0.2) is 53.4 Å². The molecule has 0 spiro atoms. The van der Waals surface area contributed by atoms with Crippen LogP contribution in [-0.2, 0) is 14.8 Å². The average molecular weight is 352 g/mol. The minimum absolute atomic E-state index is 0.121. The van der Waals surface area contributed by atoms with E-state index in [1.165, 1.54) is 19.1 Å². The van der Waals surface area contributed by atoms with Gasteiger partial charge in [0.05, 0.1) is 10.6 Å². The van der Waals surface area contributed by atoms with Crippen LogP contribution in [0.4, 0.5) is 5.69 Å². The summed E-state index contributed by atoms with van der Waals surface area (Å²) in [7, 11) is -3.91. The normalized spacial score (nSPS) is 12.7. The van der Waals surface area contributed by atoms with Crippen molar-refractivity contribution in [2.75, 3.05) is 4.31 Å². The zero-order valence-electron chi connectivity index (χ0n) is 13.2. The number of aryl methyl sites for hydroxylation is 2. The second-order valence-corrected chi connectivity index (χ2v) is 7.57. The Bertz CT molecular complexity index is 816. The number of carbonyl (C=O) groups is 1. The van der Waals surface area contributed by atoms with Gasteiger partial charge in [-0.3, -0.25) is 9.10 Å². The first-order chi connectivity index (χ1) is 10.7. The van der Waals surface area contributed by atoms with Gasteiger partial charge in [-0.2, -0.15) is 0 Å². The molecule has 0 saturated carbocycles. The predicted molar refractivity (Wildman–Crippen MR) is 92.3 cm³/mol. The monoisotopic (exact) mass is 351 g/mol. The van der Waals surface area contributed by atoms with Crippen molar-refractivity contribution in [3.8, 4) is 0 Å². The molecule has 0 N–H and O–H groups in total. The van der Waals surface area contributed by atoms with Gasteiger partial charge >= 0.3 is 0 Å². The maximum absolute atomic E-state index is 13.1. The first-order valence-electron chi connectivity index (χ1n) is 7.11. The lowest BCUT2D eigenvalue weighted by atomic mass is 10.2. The van der Waals surface area contributed by atoms with E-state index in [-0.39, 0.29) is 4.90 Å². The maximum Gasteiger partial charge on any atom is 0.265 e. The van der Waals surface area contributed by atoms with Crippen LogP contribution in [0.2, 0.25) is 0 Å². The summed E-state index contributed by atoms with van der Waals surface area (Å²) in [4.78, 5) is 11.8. The Labute approximate surface area is 141 Å². The van der Waals surface area contributed by atoms with E-state index >= 15 is 0 Å². The minimum atomic E-state index is -3.91. The van der Waals surface area contributed by atoms with E-state index in [0.29, 0.717) is 5.69 Å². The van der Waals surface area contributed by atoms with Gasteiger partial charge < -0.3 is 0 Å². The highest BCUT2D eigenvalue weighted by Crippen LogP contribution is 2.29. The van der Waals surface area contributed by atoms with E-state index in [4.69, 9.17) is 11.6 Å². The van der Waals surface area contributed by atoms with E-state index in [9.17, 15) is 13.2 Å². The standard InChI is InChI=1S/C17H18ClNO3S/c1-12-8-10-15(11-9-12)23(21,22)19(14(3)17(18)20)16-7-5-4-6-13(16)2/h4-11,14H,1-3H3. The van der Waals surface area contributed by atoms with Gasteiger partial charge in [-0.15, -0.1) is 0 Å². The molecule has 0 fully saturated rings. The lowest BCUT2D eigenvalue weighted by molar-refractivity contribution is -0.112. The number of carbonyl (C=O) groups excluding carboxylic acids is 1. The van der Waals surface area contributed by atoms with E-state index in [2.05, 4.69) is 0 Å². The Balaban J connectivity index is 2.64. The predicted octanol–water partition coefficient (Wildman–Crippen LogP) is 3.65. The van der Waals surface area contributed by atoms with E-state index in [1.807, 2.05) is 13.0 Å². The van der Waals surface area contributed by atoms with Crippen molar-refractivity contribution >= 4 is 32.6 Å². The van der Waals surface area contributed by atoms with Gasteiger partial charge in [0.25, 0.3) is 10.0 Å². The molecule has 0 aromatic heterocycles. The molecule has 23 heavy (non-hydrogen) atoms. The maximum atomic E-state index is 13.1. The van der Waals surface area contributed by atoms with Crippen molar-refractivity contribution in [1.29, 1.82) is 0 Å². The van der Waals surface area contributed by atoms with Gasteiger partial charge in [0, 0.05) is 0 Å². The number of nitrogens with zero attached hydrogens (tertiary/aromatic N) is 1. The third-order valence-electron chi connectivity index (χ3n) is 3.61. The van der Waals surface area contributed by atoms with Crippen LogP contribution in [0, 0.1) is 13.8 Å². The quantitative estimate of drug-likeness (QED) is 0.772. The molecule has 0 heterocycles. The molecular formula is C17H18ClNO3S. The largest absolute Gasteiger partial charge is 0.279 e. The molecule has 4 nitrogen and oxygen atoms in total. The lowest BCUT2D eigenvalue weighted by Gasteiger charge is -2.29. The topological polar surface area (TPSA) is 54.5 Å². The highest BCUT2D eigenvalue weighted by Gasteiger charge is 2.33. The van der Waals surface area contributed by atoms with Gasteiger partial charge in [-0.1, -0.05) is 35.9 Å². The Morgan fingerprint density at radius 3 is 2.13 bits per heavy atom. The first-order valence-corrected chi connectivity index (χ1v) is 8.93. The number of anilines is 1. The summed E-state index contributed by atoms with van der Waals surface area (Å²) in [5.41, 5.74) is 2.13. The second-order valence-electron chi connectivity index (χ2n) is 5.38. The molecule has 0 amide bonds. The molecule has 1 atom stereocenters. The molecule has 0 bridgehead atoms. The van der Waals surface area contributed by atoms with Crippen LogP contribution in [0.3, 0.4) is 0 Å². The molecule has 2 aromatic rings. The molecule has 2 aromatic carbocycles. The molecule has 0 aliphatic rings. The van der Waals surface area contributed by atoms with Gasteiger partial charge in [0.15, 0.2) is 0 Å². The van der Waals surface area contributed by atoms with Crippen LogP contribution in [0.5, 0.6) is 0 Å². The van der Waals surface area contributed by atoms with Crippen LogP contribution >= 0.6 is 11.6 Å². The fourth-order valence-corrected chi connectivity index (χ4v) is 4.11. The molecule has 0 saturated heterocycles. The summed E-state index contributed by atoms with van der Waals surface area (Å²) in [5, 5.41) is -0.732. The van der Waals surface area contributed by atoms with Crippen molar-refractivity contribution in [1.82, 2.24) is 0 Å². The number of halogens is 1. The van der Waals surface area contributed by atoms with Crippen molar-refractivity contribution in [3.05, 3.63) is 59.7 Å². The van der Waals surface area contributed by atoms with E-state index in [0.717, 1.165) is 15.4 Å². The summed E-state index contributed by atoms with van der Waals surface area (Å²) in [6, 6.07) is 12.5. The number of rotatable bonds is 5. The minimum Gasteiger partial charge on any atom is -0.279 e. The van der Waals surface area contributed by atoms with Gasteiger partial charge in [0.2, 0.25) is 5.24 Å². The highest BCUT2D eigenvalue weighted by molar-refractivity contribution is 7.93. The zero-order valence-corrected chi connectivity index (χ0v) is 14.7. The van der Waals surface area contributed by atoms with Crippen LogP contribution in [0.1, 0.15) is 18.1 Å². The Morgan fingerprint density at radius 2 is 1.61 bits per heavy atom. The average Bonchev–Trinajstić information content (AvgIpc) is 2.49. The van der Waals surface area contributed by atoms with Crippen LogP contribution in [-0.4, -0.2) is 19.7 Å². The Kier molecular flexibility index (Phi) is 5.12. The molecule has 2 rings (SSSR count). The van der Waals surface area contributed by atoms with Gasteiger partial charge in [0.1, 0.15) is 6.04 Å². The number of sulfonamides is 1. The number of para-hydroxylation sites is 1. The third-order valence-corrected chi connectivity index (χ3v) is 5.83. The molecular weight excluding hydrogens is 334 g/mol. The zero-order chi connectivity index (χ0) is 17.2. The lowest BCUT2D eigenvalue weighted by Crippen LogP contribution is -2.42. The number of benzene rings is 2. The van der Waals surface area contributed by atoms with Gasteiger partial charge in [-0.05, 0) is 56.1 Å². The third kappa shape index (κ3) is 3.57. The summed E-state index contributed by atoms with van der Waals surface area (Å²) < 4.78 is 27.2. The Hall–Kier alpha value is -1.85. The summed E-state index contributed by atoms with van der Waals surface area (Å²) >= 11 is 5.60. The van der Waals surface area contributed by atoms with Crippen LogP contribution in [0.25, 0.3) is 0 Å². The SMILES string of the molecule is Cc1ccc(S(=O)(=O)N(c2ccccc2C)C(C)C(=O)Cl)cc1. The molecule has 0 radical (unpaired) electrons. The number of hydrogen-bond donors (Lipinski definition) is 0. The second kappa shape index (κ2) is 6.72. The Morgan fingerprint density at radius 1 is 1.04 bits per heavy atom. The highest BCUT2D eigenvalue weighted by atomic mass is 35.5. The first kappa shape index (κ1) is 17.5. The van der Waals surface area contributed by atoms with Gasteiger partial charge in [-0.25, -0.2) is 8.42 Å². The molecule has 0 aliphatic heterocycles. The van der Waals surface area contributed by atoms with Crippen LogP contribution < -0.4 is 4.31 Å². The molecule has 6 heteroatoms. The van der Waals surface area contributed by atoms with Crippen molar-refractivity contribution in [2.45, 2.75) is 31.7 Å². The smallest absolute Gasteiger partial charge is 0.265 e. The summed E-state index contributed by atoms with van der Waals surface area (Å²) in [6.07, 6.45) is 0. The molecule has 122 valence electrons. The summed E-state index contributed by atoms with van der Waals surface area (Å²) in [5.74, 6) is 0. The van der Waals surface area contributed by atoms with E-state index < -0.39 is 21.3 Å². The molecule has 0 aliphatic carbocycles. The summed E-state index contributed by atoms with van der Waals surface area (Å²) in [6.45, 7) is 5.15. The van der Waals surface area contributed by atoms with Crippen molar-refractivity contribution in [3.63, 3.8) is 0 Å².